The molecule has 156 valence electrons. The number of halogens is 1. The summed E-state index contributed by atoms with van der Waals surface area (Å²) < 4.78 is 1.98. The molecule has 1 heterocycles. The third-order valence-electron chi connectivity index (χ3n) is 4.74. The molecule has 0 bridgehead atoms. The largest absolute Gasteiger partial charge is 0.325 e. The van der Waals surface area contributed by atoms with Crippen molar-refractivity contribution in [2.75, 3.05) is 11.1 Å². The van der Waals surface area contributed by atoms with Crippen molar-refractivity contribution in [3.8, 4) is 5.69 Å². The van der Waals surface area contributed by atoms with Gasteiger partial charge in [0.15, 0.2) is 5.16 Å². The van der Waals surface area contributed by atoms with Crippen LogP contribution in [0.2, 0.25) is 5.02 Å². The second-order valence-corrected chi connectivity index (χ2v) is 8.40. The Labute approximate surface area is 190 Å². The molecule has 1 N–H and O–H groups in total. The first-order chi connectivity index (χ1) is 15.1. The van der Waals surface area contributed by atoms with E-state index in [9.17, 15) is 4.79 Å². The predicted octanol–water partition coefficient (Wildman–Crippen LogP) is 5.55. The molecule has 3 aromatic carbocycles. The molecule has 31 heavy (non-hydrogen) atoms. The summed E-state index contributed by atoms with van der Waals surface area (Å²) in [5, 5.41) is 13.1. The van der Waals surface area contributed by atoms with E-state index >= 15 is 0 Å². The number of rotatable bonds is 7. The van der Waals surface area contributed by atoms with Crippen LogP contribution in [-0.4, -0.2) is 26.4 Å². The van der Waals surface area contributed by atoms with Crippen LogP contribution in [0.1, 0.15) is 17.0 Å². The SMILES string of the molecule is Cc1ccccc1NC(=O)CSc1nnc(Cc2ccccc2)n1-c1ccc(Cl)cc1. The summed E-state index contributed by atoms with van der Waals surface area (Å²) in [6, 6.07) is 25.4. The second-order valence-electron chi connectivity index (χ2n) is 7.02. The van der Waals surface area contributed by atoms with Gasteiger partial charge in [0, 0.05) is 22.8 Å². The van der Waals surface area contributed by atoms with E-state index in [0.717, 1.165) is 28.3 Å². The van der Waals surface area contributed by atoms with Gasteiger partial charge >= 0.3 is 0 Å². The van der Waals surface area contributed by atoms with E-state index in [2.05, 4.69) is 27.6 Å². The van der Waals surface area contributed by atoms with Gasteiger partial charge in [0.2, 0.25) is 5.91 Å². The molecule has 0 saturated carbocycles. The number of thioether (sulfide) groups is 1. The van der Waals surface area contributed by atoms with Crippen molar-refractivity contribution in [3.05, 3.63) is 101 Å². The van der Waals surface area contributed by atoms with Crippen molar-refractivity contribution < 1.29 is 4.79 Å². The second kappa shape index (κ2) is 9.81. The van der Waals surface area contributed by atoms with Crippen LogP contribution in [0, 0.1) is 6.92 Å². The normalized spacial score (nSPS) is 10.8. The Hall–Kier alpha value is -3.09. The predicted molar refractivity (Wildman–Crippen MR) is 126 cm³/mol. The third kappa shape index (κ3) is 5.34. The monoisotopic (exact) mass is 448 g/mol. The quantitative estimate of drug-likeness (QED) is 0.376. The maximum absolute atomic E-state index is 12.5. The summed E-state index contributed by atoms with van der Waals surface area (Å²) >= 11 is 7.43. The number of anilines is 1. The van der Waals surface area contributed by atoms with Crippen molar-refractivity contribution in [2.24, 2.45) is 0 Å². The summed E-state index contributed by atoms with van der Waals surface area (Å²) in [6.07, 6.45) is 0.631. The van der Waals surface area contributed by atoms with Gasteiger partial charge in [0.1, 0.15) is 5.82 Å². The summed E-state index contributed by atoms with van der Waals surface area (Å²) in [5.74, 6) is 0.940. The van der Waals surface area contributed by atoms with Gasteiger partial charge in [0.25, 0.3) is 0 Å². The van der Waals surface area contributed by atoms with Crippen molar-refractivity contribution in [2.45, 2.75) is 18.5 Å². The van der Waals surface area contributed by atoms with Crippen LogP contribution in [0.3, 0.4) is 0 Å². The molecule has 0 saturated heterocycles. The molecule has 0 spiro atoms. The van der Waals surface area contributed by atoms with E-state index < -0.39 is 0 Å². The molecule has 0 atom stereocenters. The van der Waals surface area contributed by atoms with E-state index in [-0.39, 0.29) is 11.7 Å². The van der Waals surface area contributed by atoms with Gasteiger partial charge in [-0.2, -0.15) is 0 Å². The Morgan fingerprint density at radius 3 is 2.42 bits per heavy atom. The number of benzene rings is 3. The first-order valence-electron chi connectivity index (χ1n) is 9.82. The molecular formula is C24H21ClN4OS. The van der Waals surface area contributed by atoms with Crippen LogP contribution in [0.15, 0.2) is 84.0 Å². The van der Waals surface area contributed by atoms with Gasteiger partial charge in [-0.3, -0.25) is 9.36 Å². The standard InChI is InChI=1S/C24H21ClN4OS/c1-17-7-5-6-10-21(17)26-23(30)16-31-24-28-27-22(15-18-8-3-2-4-9-18)29(24)20-13-11-19(25)12-14-20/h2-14H,15-16H2,1H3,(H,26,30). The Morgan fingerprint density at radius 2 is 1.68 bits per heavy atom. The number of para-hydroxylation sites is 1. The van der Waals surface area contributed by atoms with Crippen molar-refractivity contribution in [1.82, 2.24) is 14.8 Å². The van der Waals surface area contributed by atoms with E-state index in [0.29, 0.717) is 16.6 Å². The van der Waals surface area contributed by atoms with E-state index in [1.54, 1.807) is 0 Å². The van der Waals surface area contributed by atoms with Crippen LogP contribution in [0.4, 0.5) is 5.69 Å². The number of aromatic nitrogens is 3. The van der Waals surface area contributed by atoms with Crippen LogP contribution >= 0.6 is 23.4 Å². The molecule has 0 fully saturated rings. The topological polar surface area (TPSA) is 59.8 Å². The maximum Gasteiger partial charge on any atom is 0.234 e. The highest BCUT2D eigenvalue weighted by Crippen LogP contribution is 2.25. The lowest BCUT2D eigenvalue weighted by molar-refractivity contribution is -0.113. The summed E-state index contributed by atoms with van der Waals surface area (Å²) in [6.45, 7) is 1.97. The lowest BCUT2D eigenvalue weighted by atomic mass is 10.1. The minimum absolute atomic E-state index is 0.0884. The fourth-order valence-corrected chi connectivity index (χ4v) is 4.06. The Bertz CT molecular complexity index is 1180. The Kier molecular flexibility index (Phi) is 6.70. The van der Waals surface area contributed by atoms with E-state index in [1.807, 2.05) is 78.2 Å². The minimum atomic E-state index is -0.0884. The minimum Gasteiger partial charge on any atom is -0.325 e. The molecule has 1 aromatic heterocycles. The smallest absolute Gasteiger partial charge is 0.234 e. The van der Waals surface area contributed by atoms with E-state index in [4.69, 9.17) is 11.6 Å². The average molecular weight is 449 g/mol. The van der Waals surface area contributed by atoms with Gasteiger partial charge in [-0.25, -0.2) is 0 Å². The van der Waals surface area contributed by atoms with Crippen molar-refractivity contribution in [1.29, 1.82) is 0 Å². The molecule has 5 nitrogen and oxygen atoms in total. The number of nitrogens with zero attached hydrogens (tertiary/aromatic N) is 3. The third-order valence-corrected chi connectivity index (χ3v) is 5.92. The molecule has 7 heteroatoms. The number of hydrogen-bond donors (Lipinski definition) is 1. The fraction of sp³-hybridized carbons (Fsp3) is 0.125. The molecule has 1 amide bonds. The molecule has 4 rings (SSSR count). The highest BCUT2D eigenvalue weighted by molar-refractivity contribution is 7.99. The number of aryl methyl sites for hydroxylation is 1. The molecule has 0 aliphatic rings. The maximum atomic E-state index is 12.5. The fourth-order valence-electron chi connectivity index (χ4n) is 3.17. The van der Waals surface area contributed by atoms with Gasteiger partial charge in [-0.05, 0) is 48.4 Å². The van der Waals surface area contributed by atoms with Gasteiger partial charge in [-0.1, -0.05) is 71.9 Å². The lowest BCUT2D eigenvalue weighted by Crippen LogP contribution is -2.15. The summed E-state index contributed by atoms with van der Waals surface area (Å²) in [7, 11) is 0. The molecule has 0 aliphatic heterocycles. The zero-order chi connectivity index (χ0) is 21.6. The molecule has 4 aromatic rings. The zero-order valence-corrected chi connectivity index (χ0v) is 18.5. The first kappa shape index (κ1) is 21.2. The van der Waals surface area contributed by atoms with Gasteiger partial charge < -0.3 is 5.32 Å². The molecular weight excluding hydrogens is 428 g/mol. The molecule has 0 radical (unpaired) electrons. The van der Waals surface area contributed by atoms with Crippen molar-refractivity contribution in [3.63, 3.8) is 0 Å². The molecule has 0 aliphatic carbocycles. The number of hydrogen-bond acceptors (Lipinski definition) is 4. The van der Waals surface area contributed by atoms with Crippen LogP contribution < -0.4 is 5.32 Å². The summed E-state index contributed by atoms with van der Waals surface area (Å²) in [4.78, 5) is 12.5. The zero-order valence-electron chi connectivity index (χ0n) is 17.0. The van der Waals surface area contributed by atoms with Crippen molar-refractivity contribution >= 4 is 35.0 Å². The number of carbonyl (C=O) groups is 1. The lowest BCUT2D eigenvalue weighted by Gasteiger charge is -2.11. The first-order valence-corrected chi connectivity index (χ1v) is 11.2. The highest BCUT2D eigenvalue weighted by atomic mass is 35.5. The van der Waals surface area contributed by atoms with Crippen LogP contribution in [-0.2, 0) is 11.2 Å². The Morgan fingerprint density at radius 1 is 0.968 bits per heavy atom. The highest BCUT2D eigenvalue weighted by Gasteiger charge is 2.16. The van der Waals surface area contributed by atoms with Gasteiger partial charge in [-0.15, -0.1) is 10.2 Å². The molecule has 0 unspecified atom stereocenters. The van der Waals surface area contributed by atoms with Crippen LogP contribution in [0.25, 0.3) is 5.69 Å². The number of amides is 1. The van der Waals surface area contributed by atoms with Crippen LogP contribution in [0.5, 0.6) is 0 Å². The summed E-state index contributed by atoms with van der Waals surface area (Å²) in [5.41, 5.74) is 3.88. The number of nitrogens with one attached hydrogen (secondary N) is 1. The van der Waals surface area contributed by atoms with E-state index in [1.165, 1.54) is 11.8 Å². The average Bonchev–Trinajstić information content (AvgIpc) is 3.17. The van der Waals surface area contributed by atoms with Gasteiger partial charge in [0.05, 0.1) is 5.75 Å². The Balaban J connectivity index is 1.56. The number of carbonyl (C=O) groups excluding carboxylic acids is 1.